The highest BCUT2D eigenvalue weighted by Gasteiger charge is 2.17. The Morgan fingerprint density at radius 3 is 2.67 bits per heavy atom. The molecule has 3 rings (SSSR count). The molecule has 0 aliphatic heterocycles. The third-order valence-corrected chi connectivity index (χ3v) is 3.72. The summed E-state index contributed by atoms with van der Waals surface area (Å²) in [5.74, 6) is 0.699. The molecule has 1 heterocycles. The largest absolute Gasteiger partial charge is 0.496 e. The van der Waals surface area contributed by atoms with Crippen molar-refractivity contribution < 1.29 is 9.84 Å². The molecule has 0 bridgehead atoms. The maximum atomic E-state index is 10.5. The fraction of sp³-hybridized carbons (Fsp3) is 0.235. The fourth-order valence-electron chi connectivity index (χ4n) is 2.67. The van der Waals surface area contributed by atoms with Crippen LogP contribution in [0.2, 0.25) is 0 Å². The Balaban J connectivity index is 1.95. The molecule has 3 aromatic rings. The van der Waals surface area contributed by atoms with Crippen LogP contribution >= 0.6 is 0 Å². The van der Waals surface area contributed by atoms with Crippen molar-refractivity contribution in [3.05, 3.63) is 59.8 Å². The molecule has 0 fully saturated rings. The highest BCUT2D eigenvalue weighted by molar-refractivity contribution is 5.81. The number of benzene rings is 2. The Kier molecular flexibility index (Phi) is 3.62. The molecule has 0 saturated carbocycles. The number of para-hydroxylation sites is 2. The molecule has 1 unspecified atom stereocenters. The first-order valence-corrected chi connectivity index (χ1v) is 6.92. The van der Waals surface area contributed by atoms with Gasteiger partial charge in [-0.1, -0.05) is 36.4 Å². The average Bonchev–Trinajstić information content (AvgIpc) is 2.84. The van der Waals surface area contributed by atoms with E-state index in [2.05, 4.69) is 5.10 Å². The number of aromatic nitrogens is 2. The first-order valence-electron chi connectivity index (χ1n) is 6.92. The summed E-state index contributed by atoms with van der Waals surface area (Å²) >= 11 is 0. The summed E-state index contributed by atoms with van der Waals surface area (Å²) in [6, 6.07) is 15.6. The number of rotatable bonds is 4. The summed E-state index contributed by atoms with van der Waals surface area (Å²) in [4.78, 5) is 0. The molecule has 21 heavy (non-hydrogen) atoms. The normalized spacial score (nSPS) is 12.5. The maximum Gasteiger partial charge on any atom is 0.124 e. The Hall–Kier alpha value is -2.33. The van der Waals surface area contributed by atoms with E-state index < -0.39 is 6.10 Å². The summed E-state index contributed by atoms with van der Waals surface area (Å²) in [7, 11) is 3.53. The zero-order valence-corrected chi connectivity index (χ0v) is 12.2. The minimum atomic E-state index is -0.639. The van der Waals surface area contributed by atoms with Crippen LogP contribution in [0.4, 0.5) is 0 Å². The fourth-order valence-corrected chi connectivity index (χ4v) is 2.67. The van der Waals surface area contributed by atoms with Gasteiger partial charge in [-0.25, -0.2) is 0 Å². The van der Waals surface area contributed by atoms with Gasteiger partial charge in [0, 0.05) is 24.4 Å². The predicted molar refractivity (Wildman–Crippen MR) is 82.4 cm³/mol. The Morgan fingerprint density at radius 2 is 1.86 bits per heavy atom. The average molecular weight is 282 g/mol. The second-order valence-corrected chi connectivity index (χ2v) is 5.05. The molecule has 108 valence electrons. The van der Waals surface area contributed by atoms with Gasteiger partial charge < -0.3 is 9.84 Å². The lowest BCUT2D eigenvalue weighted by atomic mass is 10.0. The topological polar surface area (TPSA) is 47.3 Å². The van der Waals surface area contributed by atoms with E-state index in [1.165, 1.54) is 0 Å². The number of hydrogen-bond acceptors (Lipinski definition) is 3. The lowest BCUT2D eigenvalue weighted by Gasteiger charge is -2.13. The van der Waals surface area contributed by atoms with Crippen molar-refractivity contribution in [2.75, 3.05) is 7.11 Å². The van der Waals surface area contributed by atoms with E-state index in [0.717, 1.165) is 22.2 Å². The molecule has 4 heteroatoms. The van der Waals surface area contributed by atoms with E-state index in [1.54, 1.807) is 7.11 Å². The third-order valence-electron chi connectivity index (χ3n) is 3.72. The van der Waals surface area contributed by atoms with Crippen LogP contribution < -0.4 is 4.74 Å². The quantitative estimate of drug-likeness (QED) is 0.800. The predicted octanol–water partition coefficient (Wildman–Crippen LogP) is 2.86. The first-order chi connectivity index (χ1) is 10.2. The Bertz CT molecular complexity index is 764. The first kappa shape index (κ1) is 13.6. The third kappa shape index (κ3) is 2.50. The van der Waals surface area contributed by atoms with Crippen molar-refractivity contribution in [3.63, 3.8) is 0 Å². The van der Waals surface area contributed by atoms with Crippen LogP contribution in [0.3, 0.4) is 0 Å². The standard InChI is InChI=1S/C17H18N2O2/c1-19-15-9-5-3-7-12(15)14(18-19)11-16(20)13-8-4-6-10-17(13)21-2/h3-10,16,20H,11H2,1-2H3. The van der Waals surface area contributed by atoms with Gasteiger partial charge in [-0.05, 0) is 12.1 Å². The summed E-state index contributed by atoms with van der Waals surface area (Å²) in [6.45, 7) is 0. The van der Waals surface area contributed by atoms with Crippen molar-refractivity contribution in [3.8, 4) is 5.75 Å². The van der Waals surface area contributed by atoms with Crippen molar-refractivity contribution in [1.29, 1.82) is 0 Å². The van der Waals surface area contributed by atoms with E-state index in [1.807, 2.05) is 60.3 Å². The van der Waals surface area contributed by atoms with Gasteiger partial charge in [0.15, 0.2) is 0 Å². The van der Waals surface area contributed by atoms with E-state index in [-0.39, 0.29) is 0 Å². The Labute approximate surface area is 123 Å². The van der Waals surface area contributed by atoms with Gasteiger partial charge in [0.1, 0.15) is 5.75 Å². The van der Waals surface area contributed by atoms with Crippen LogP contribution in [0, 0.1) is 0 Å². The SMILES string of the molecule is COc1ccccc1C(O)Cc1nn(C)c2ccccc12. The molecule has 0 aliphatic carbocycles. The lowest BCUT2D eigenvalue weighted by Crippen LogP contribution is -2.05. The maximum absolute atomic E-state index is 10.5. The van der Waals surface area contributed by atoms with Crippen LogP contribution in [-0.2, 0) is 13.5 Å². The lowest BCUT2D eigenvalue weighted by molar-refractivity contribution is 0.173. The summed E-state index contributed by atoms with van der Waals surface area (Å²) < 4.78 is 7.16. The van der Waals surface area contributed by atoms with Gasteiger partial charge in [-0.2, -0.15) is 5.10 Å². The highest BCUT2D eigenvalue weighted by Crippen LogP contribution is 2.29. The second kappa shape index (κ2) is 5.58. The molecule has 0 radical (unpaired) electrons. The van der Waals surface area contributed by atoms with E-state index >= 15 is 0 Å². The van der Waals surface area contributed by atoms with Crippen molar-refractivity contribution in [1.82, 2.24) is 9.78 Å². The molecule has 0 spiro atoms. The van der Waals surface area contributed by atoms with Crippen molar-refractivity contribution in [2.24, 2.45) is 7.05 Å². The molecule has 1 atom stereocenters. The van der Waals surface area contributed by atoms with E-state index in [0.29, 0.717) is 12.2 Å². The van der Waals surface area contributed by atoms with Gasteiger partial charge in [0.05, 0.1) is 24.4 Å². The molecule has 1 aromatic heterocycles. The molecule has 0 aliphatic rings. The van der Waals surface area contributed by atoms with Crippen LogP contribution in [0.5, 0.6) is 5.75 Å². The summed E-state index contributed by atoms with van der Waals surface area (Å²) in [5.41, 5.74) is 2.75. The number of fused-ring (bicyclic) bond motifs is 1. The smallest absolute Gasteiger partial charge is 0.124 e. The van der Waals surface area contributed by atoms with Crippen LogP contribution in [0.15, 0.2) is 48.5 Å². The van der Waals surface area contributed by atoms with Gasteiger partial charge in [0.25, 0.3) is 0 Å². The highest BCUT2D eigenvalue weighted by atomic mass is 16.5. The number of aliphatic hydroxyl groups excluding tert-OH is 1. The monoisotopic (exact) mass is 282 g/mol. The van der Waals surface area contributed by atoms with Gasteiger partial charge in [0.2, 0.25) is 0 Å². The van der Waals surface area contributed by atoms with Crippen LogP contribution in [-0.4, -0.2) is 22.0 Å². The second-order valence-electron chi connectivity index (χ2n) is 5.05. The molecule has 2 aromatic carbocycles. The molecule has 0 saturated heterocycles. The number of nitrogens with zero attached hydrogens (tertiary/aromatic N) is 2. The summed E-state index contributed by atoms with van der Waals surface area (Å²) in [6.07, 6.45) is -0.179. The molecular formula is C17H18N2O2. The molecule has 1 N–H and O–H groups in total. The van der Waals surface area contributed by atoms with Crippen LogP contribution in [0.25, 0.3) is 10.9 Å². The number of aliphatic hydroxyl groups is 1. The molecule has 4 nitrogen and oxygen atoms in total. The summed E-state index contributed by atoms with van der Waals surface area (Å²) in [5, 5.41) is 16.1. The van der Waals surface area contributed by atoms with Crippen LogP contribution in [0.1, 0.15) is 17.4 Å². The zero-order valence-electron chi connectivity index (χ0n) is 12.2. The number of methoxy groups -OCH3 is 1. The minimum absolute atomic E-state index is 0.460. The van der Waals surface area contributed by atoms with Gasteiger partial charge in [-0.3, -0.25) is 4.68 Å². The number of ether oxygens (including phenoxy) is 1. The van der Waals surface area contributed by atoms with Crippen molar-refractivity contribution in [2.45, 2.75) is 12.5 Å². The van der Waals surface area contributed by atoms with E-state index in [9.17, 15) is 5.11 Å². The van der Waals surface area contributed by atoms with Gasteiger partial charge in [-0.15, -0.1) is 0 Å². The van der Waals surface area contributed by atoms with Gasteiger partial charge >= 0.3 is 0 Å². The van der Waals surface area contributed by atoms with E-state index in [4.69, 9.17) is 4.74 Å². The van der Waals surface area contributed by atoms with Crippen molar-refractivity contribution >= 4 is 10.9 Å². The number of hydrogen-bond donors (Lipinski definition) is 1. The minimum Gasteiger partial charge on any atom is -0.496 e. The number of aryl methyl sites for hydroxylation is 1. The Morgan fingerprint density at radius 1 is 1.14 bits per heavy atom. The molecular weight excluding hydrogens is 264 g/mol. The molecule has 0 amide bonds. The zero-order chi connectivity index (χ0) is 14.8.